The summed E-state index contributed by atoms with van der Waals surface area (Å²) in [5, 5.41) is 15.8. The van der Waals surface area contributed by atoms with Gasteiger partial charge in [0.25, 0.3) is 0 Å². The molecule has 0 aliphatic carbocycles. The van der Waals surface area contributed by atoms with Gasteiger partial charge < -0.3 is 20.6 Å². The van der Waals surface area contributed by atoms with Crippen molar-refractivity contribution in [1.29, 1.82) is 0 Å². The number of carbonyl (C=O) groups is 1. The predicted octanol–water partition coefficient (Wildman–Crippen LogP) is 4.85. The quantitative estimate of drug-likeness (QED) is 0.388. The summed E-state index contributed by atoms with van der Waals surface area (Å²) in [4.78, 5) is 25.1. The maximum absolute atomic E-state index is 14.8. The lowest BCUT2D eigenvalue weighted by Crippen LogP contribution is -2.43. The topological polar surface area (TPSA) is 93.6 Å². The molecule has 2 aromatic carbocycles. The van der Waals surface area contributed by atoms with Crippen LogP contribution in [0.2, 0.25) is 0 Å². The molecule has 0 spiro atoms. The summed E-state index contributed by atoms with van der Waals surface area (Å²) in [6.07, 6.45) is 0.660. The summed E-state index contributed by atoms with van der Waals surface area (Å²) in [6.45, 7) is 6.84. The van der Waals surface area contributed by atoms with Gasteiger partial charge in [0, 0.05) is 29.8 Å². The smallest absolute Gasteiger partial charge is 0.328 e. The zero-order valence-electron chi connectivity index (χ0n) is 20.4. The number of aryl methyl sites for hydroxylation is 1. The highest BCUT2D eigenvalue weighted by Gasteiger charge is 2.34. The van der Waals surface area contributed by atoms with Crippen LogP contribution in [0.4, 0.5) is 31.0 Å². The van der Waals surface area contributed by atoms with Crippen molar-refractivity contribution in [2.45, 2.75) is 19.9 Å². The third-order valence-corrected chi connectivity index (χ3v) is 5.90. The zero-order valence-corrected chi connectivity index (χ0v) is 20.4. The van der Waals surface area contributed by atoms with E-state index in [0.717, 1.165) is 22.6 Å². The first-order valence-corrected chi connectivity index (χ1v) is 11.5. The van der Waals surface area contributed by atoms with Crippen LogP contribution < -0.4 is 15.5 Å². The first-order chi connectivity index (χ1) is 17.2. The number of hydrogen-bond donors (Lipinski definition) is 3. The molecule has 1 aromatic heterocycles. The fraction of sp³-hybridized carbons (Fsp3) is 0.269. The number of aliphatic hydroxyl groups is 1. The highest BCUT2D eigenvalue weighted by atomic mass is 19.1. The van der Waals surface area contributed by atoms with Crippen LogP contribution in [0.15, 0.2) is 43.0 Å². The summed E-state index contributed by atoms with van der Waals surface area (Å²) in [5.41, 5.74) is 2.59. The molecule has 2 amide bonds. The Hall–Kier alpha value is -4.05. The van der Waals surface area contributed by atoms with Crippen LogP contribution >= 0.6 is 0 Å². The second-order valence-corrected chi connectivity index (χ2v) is 8.66. The van der Waals surface area contributed by atoms with Gasteiger partial charge in [-0.05, 0) is 44.3 Å². The molecule has 0 fully saturated rings. The summed E-state index contributed by atoms with van der Waals surface area (Å²) < 4.78 is 29.6. The molecule has 3 N–H and O–H groups in total. The van der Waals surface area contributed by atoms with Crippen LogP contribution in [0.3, 0.4) is 0 Å². The number of benzene rings is 2. The Morgan fingerprint density at radius 3 is 2.58 bits per heavy atom. The molecule has 3 aromatic rings. The maximum atomic E-state index is 14.8. The van der Waals surface area contributed by atoms with E-state index in [1.165, 1.54) is 6.07 Å². The van der Waals surface area contributed by atoms with E-state index < -0.39 is 23.4 Å². The van der Waals surface area contributed by atoms with Gasteiger partial charge in [-0.3, -0.25) is 0 Å². The minimum absolute atomic E-state index is 0.0570. The lowest BCUT2D eigenvalue weighted by molar-refractivity contribution is 0.246. The average Bonchev–Trinajstić information content (AvgIpc) is 2.84. The van der Waals surface area contributed by atoms with E-state index in [9.17, 15) is 18.7 Å². The number of anilines is 3. The van der Waals surface area contributed by atoms with Crippen molar-refractivity contribution in [3.05, 3.63) is 71.3 Å². The second-order valence-electron chi connectivity index (χ2n) is 8.66. The number of fused-ring (bicyclic) bond motifs is 1. The monoisotopic (exact) mass is 494 g/mol. The lowest BCUT2D eigenvalue weighted by atomic mass is 9.95. The molecule has 8 nitrogen and oxygen atoms in total. The maximum Gasteiger partial charge on any atom is 0.328 e. The number of likely N-dealkylation sites (N-methyl/N-ethyl adjacent to an activating group) is 1. The molecule has 1 aliphatic rings. The second kappa shape index (κ2) is 10.3. The first-order valence-electron chi connectivity index (χ1n) is 11.5. The number of nitrogens with zero attached hydrogens (tertiary/aromatic N) is 4. The van der Waals surface area contributed by atoms with E-state index in [1.54, 1.807) is 12.1 Å². The third kappa shape index (κ3) is 4.85. The van der Waals surface area contributed by atoms with Crippen LogP contribution in [0, 0.1) is 11.6 Å². The number of amides is 2. The van der Waals surface area contributed by atoms with Crippen molar-refractivity contribution in [2.24, 2.45) is 0 Å². The molecule has 2 heterocycles. The fourth-order valence-electron chi connectivity index (χ4n) is 4.05. The van der Waals surface area contributed by atoms with Gasteiger partial charge in [-0.25, -0.2) is 23.5 Å². The van der Waals surface area contributed by atoms with Gasteiger partial charge in [0.05, 0.1) is 12.2 Å². The number of rotatable bonds is 8. The van der Waals surface area contributed by atoms with Crippen molar-refractivity contribution >= 4 is 29.2 Å². The Bertz CT molecular complexity index is 1310. The molecule has 10 heteroatoms. The molecular weight excluding hydrogens is 466 g/mol. The SMILES string of the molecule is C=C(O)c1ccc(CC)c(-c2nc(NCCN(C)C)nc3c2CNC(=O)N3c2c(F)cccc2F)c1. The Balaban J connectivity index is 1.97. The number of para-hydroxylation sites is 1. The number of halogens is 2. The lowest BCUT2D eigenvalue weighted by Gasteiger charge is -2.31. The van der Waals surface area contributed by atoms with Crippen LogP contribution in [-0.4, -0.2) is 53.2 Å². The van der Waals surface area contributed by atoms with Gasteiger partial charge in [-0.1, -0.05) is 31.7 Å². The van der Waals surface area contributed by atoms with Gasteiger partial charge in [-0.2, -0.15) is 4.98 Å². The summed E-state index contributed by atoms with van der Waals surface area (Å²) >= 11 is 0. The fourth-order valence-corrected chi connectivity index (χ4v) is 4.05. The van der Waals surface area contributed by atoms with E-state index in [-0.39, 0.29) is 24.1 Å². The van der Waals surface area contributed by atoms with E-state index in [0.29, 0.717) is 41.9 Å². The molecule has 4 rings (SSSR count). The summed E-state index contributed by atoms with van der Waals surface area (Å²) in [6, 6.07) is 8.10. The van der Waals surface area contributed by atoms with E-state index in [4.69, 9.17) is 4.98 Å². The minimum atomic E-state index is -0.895. The van der Waals surface area contributed by atoms with Crippen molar-refractivity contribution in [3.8, 4) is 11.3 Å². The largest absolute Gasteiger partial charge is 0.508 e. The highest BCUT2D eigenvalue weighted by Crippen LogP contribution is 2.39. The normalized spacial score (nSPS) is 12.9. The number of aliphatic hydroxyl groups excluding tert-OH is 1. The molecule has 0 radical (unpaired) electrons. The van der Waals surface area contributed by atoms with Crippen molar-refractivity contribution in [1.82, 2.24) is 20.2 Å². The Labute approximate surface area is 208 Å². The van der Waals surface area contributed by atoms with Crippen LogP contribution in [0.25, 0.3) is 17.0 Å². The minimum Gasteiger partial charge on any atom is -0.508 e. The first kappa shape index (κ1) is 25.1. The van der Waals surface area contributed by atoms with Crippen molar-refractivity contribution < 1.29 is 18.7 Å². The third-order valence-electron chi connectivity index (χ3n) is 5.90. The zero-order chi connectivity index (χ0) is 26.0. The molecule has 188 valence electrons. The van der Waals surface area contributed by atoms with Crippen LogP contribution in [0.5, 0.6) is 0 Å². The molecule has 0 unspecified atom stereocenters. The summed E-state index contributed by atoms with van der Waals surface area (Å²) in [7, 11) is 3.85. The molecule has 0 atom stereocenters. The van der Waals surface area contributed by atoms with Gasteiger partial charge >= 0.3 is 6.03 Å². The van der Waals surface area contributed by atoms with E-state index in [2.05, 4.69) is 22.2 Å². The van der Waals surface area contributed by atoms with Gasteiger partial charge in [0.1, 0.15) is 23.1 Å². The summed E-state index contributed by atoms with van der Waals surface area (Å²) in [5.74, 6) is -1.61. The van der Waals surface area contributed by atoms with Crippen LogP contribution in [0.1, 0.15) is 23.6 Å². The molecule has 0 saturated heterocycles. The standard InChI is InChI=1S/C26H28F2N6O2/c1-5-16-9-10-17(15(2)35)13-18(16)22-19-14-30-26(36)34(23-20(27)7-6-8-21(23)28)24(19)32-25(31-22)29-11-12-33(3)4/h6-10,13,35H,2,5,11-12,14H2,1,3-4H3,(H,30,36)(H,29,31,32). The van der Waals surface area contributed by atoms with Gasteiger partial charge in [-0.15, -0.1) is 0 Å². The Morgan fingerprint density at radius 2 is 1.94 bits per heavy atom. The van der Waals surface area contributed by atoms with Gasteiger partial charge in [0.2, 0.25) is 5.95 Å². The Morgan fingerprint density at radius 1 is 1.22 bits per heavy atom. The molecule has 0 saturated carbocycles. The van der Waals surface area contributed by atoms with Gasteiger partial charge in [0.15, 0.2) is 5.82 Å². The number of carbonyl (C=O) groups excluding carboxylic acids is 1. The van der Waals surface area contributed by atoms with E-state index in [1.807, 2.05) is 32.0 Å². The Kier molecular flexibility index (Phi) is 7.16. The predicted molar refractivity (Wildman–Crippen MR) is 136 cm³/mol. The number of nitrogens with one attached hydrogen (secondary N) is 2. The van der Waals surface area contributed by atoms with Crippen molar-refractivity contribution in [2.75, 3.05) is 37.4 Å². The van der Waals surface area contributed by atoms with Crippen molar-refractivity contribution in [3.63, 3.8) is 0 Å². The molecule has 0 bridgehead atoms. The number of aromatic nitrogens is 2. The van der Waals surface area contributed by atoms with Crippen LogP contribution in [-0.2, 0) is 13.0 Å². The van der Waals surface area contributed by atoms with E-state index >= 15 is 0 Å². The average molecular weight is 495 g/mol. The molecule has 1 aliphatic heterocycles. The molecular formula is C26H28F2N6O2. The molecule has 36 heavy (non-hydrogen) atoms. The highest BCUT2D eigenvalue weighted by molar-refractivity contribution is 6.02. The number of hydrogen-bond acceptors (Lipinski definition) is 6. The number of urea groups is 1.